The predicted molar refractivity (Wildman–Crippen MR) is 70.4 cm³/mol. The van der Waals surface area contributed by atoms with E-state index in [9.17, 15) is 18.4 Å². The Hall–Kier alpha value is -2.02. The van der Waals surface area contributed by atoms with Crippen LogP contribution in [-0.4, -0.2) is 17.7 Å². The molecule has 3 rings (SSSR count). The van der Waals surface area contributed by atoms with E-state index in [0.717, 1.165) is 5.56 Å². The van der Waals surface area contributed by atoms with E-state index in [-0.39, 0.29) is 12.3 Å². The molecule has 0 aromatic heterocycles. The second kappa shape index (κ2) is 4.49. The molecule has 4 N–H and O–H groups in total. The van der Waals surface area contributed by atoms with E-state index in [1.807, 2.05) is 5.43 Å². The van der Waals surface area contributed by atoms with Crippen LogP contribution in [0, 0.1) is 0 Å². The highest BCUT2D eigenvalue weighted by molar-refractivity contribution is 5.98. The smallest absolute Gasteiger partial charge is 0.251 e. The maximum Gasteiger partial charge on any atom is 0.251 e. The van der Waals surface area contributed by atoms with Crippen LogP contribution in [0.15, 0.2) is 18.2 Å². The molecule has 21 heavy (non-hydrogen) atoms. The van der Waals surface area contributed by atoms with Crippen LogP contribution in [0.5, 0.6) is 0 Å². The largest absolute Gasteiger partial charge is 0.348 e. The number of hydrogen-bond donors (Lipinski definition) is 3. The number of benzene rings is 1. The van der Waals surface area contributed by atoms with Crippen molar-refractivity contribution in [3.8, 4) is 0 Å². The van der Waals surface area contributed by atoms with Crippen molar-refractivity contribution in [1.82, 2.24) is 10.7 Å². The Kier molecular flexibility index (Phi) is 2.98. The van der Waals surface area contributed by atoms with Crippen LogP contribution < -0.4 is 16.6 Å². The zero-order valence-corrected chi connectivity index (χ0v) is 11.2. The van der Waals surface area contributed by atoms with Crippen molar-refractivity contribution in [2.75, 3.05) is 0 Å². The normalized spacial score (nSPS) is 21.2. The maximum atomic E-state index is 13.4. The van der Waals surface area contributed by atoms with Crippen molar-refractivity contribution in [3.05, 3.63) is 34.9 Å². The first-order valence-corrected chi connectivity index (χ1v) is 6.64. The van der Waals surface area contributed by atoms with Gasteiger partial charge in [-0.05, 0) is 17.2 Å². The molecule has 5 nitrogen and oxygen atoms in total. The molecule has 0 atom stereocenters. The lowest BCUT2D eigenvalue weighted by atomic mass is 9.60. The zero-order chi connectivity index (χ0) is 15.3. The summed E-state index contributed by atoms with van der Waals surface area (Å²) in [7, 11) is 0. The van der Waals surface area contributed by atoms with E-state index in [1.54, 1.807) is 18.2 Å². The van der Waals surface area contributed by atoms with E-state index in [4.69, 9.17) is 5.84 Å². The van der Waals surface area contributed by atoms with Gasteiger partial charge < -0.3 is 5.32 Å². The second-order valence-corrected chi connectivity index (χ2v) is 5.79. The molecule has 0 bridgehead atoms. The average Bonchev–Trinajstić information content (AvgIpc) is 2.77. The number of alkyl halides is 2. The van der Waals surface area contributed by atoms with Gasteiger partial charge in [0.15, 0.2) is 0 Å². The number of hydrazine groups is 1. The number of rotatable bonds is 3. The number of nitrogens with two attached hydrogens (primary N) is 1. The summed E-state index contributed by atoms with van der Waals surface area (Å²) in [4.78, 5) is 23.2. The van der Waals surface area contributed by atoms with Gasteiger partial charge in [0.25, 0.3) is 5.91 Å². The minimum absolute atomic E-state index is 0.112. The van der Waals surface area contributed by atoms with Crippen LogP contribution >= 0.6 is 0 Å². The molecule has 1 aliphatic heterocycles. The Bertz CT molecular complexity index is 623. The van der Waals surface area contributed by atoms with Gasteiger partial charge in [-0.2, -0.15) is 0 Å². The molecule has 0 spiro atoms. The number of carbonyl (C=O) groups is 2. The number of halogens is 2. The number of amides is 2. The average molecular weight is 295 g/mol. The molecule has 1 aromatic rings. The molecular formula is C14H15F2N3O2. The monoisotopic (exact) mass is 295 g/mol. The quantitative estimate of drug-likeness (QED) is 0.441. The summed E-state index contributed by atoms with van der Waals surface area (Å²) in [5.74, 6) is 1.58. The van der Waals surface area contributed by atoms with Gasteiger partial charge in [-0.1, -0.05) is 12.1 Å². The number of carbonyl (C=O) groups excluding carboxylic acids is 2. The van der Waals surface area contributed by atoms with Gasteiger partial charge in [0, 0.05) is 36.8 Å². The fourth-order valence-corrected chi connectivity index (χ4v) is 3.27. The highest BCUT2D eigenvalue weighted by Gasteiger charge is 2.58. The fourth-order valence-electron chi connectivity index (χ4n) is 3.27. The van der Waals surface area contributed by atoms with Crippen molar-refractivity contribution >= 4 is 11.8 Å². The topological polar surface area (TPSA) is 84.2 Å². The van der Waals surface area contributed by atoms with Crippen LogP contribution in [0.4, 0.5) is 8.78 Å². The number of hydrogen-bond acceptors (Lipinski definition) is 3. The summed E-state index contributed by atoms with van der Waals surface area (Å²) < 4.78 is 26.8. The standard InChI is InChI=1S/C14H15F2N3O2/c15-14(16)6-13(7-14,4-11(20)19-17)9-2-1-8-5-18-12(21)10(8)3-9/h1-3H,4-7,17H2,(H,18,21)(H,19,20). The van der Waals surface area contributed by atoms with E-state index >= 15 is 0 Å². The molecule has 0 saturated heterocycles. The maximum absolute atomic E-state index is 13.4. The summed E-state index contributed by atoms with van der Waals surface area (Å²) in [5.41, 5.74) is 2.96. The first kappa shape index (κ1) is 13.9. The molecule has 1 aromatic carbocycles. The predicted octanol–water partition coefficient (Wildman–Crippen LogP) is 0.977. The highest BCUT2D eigenvalue weighted by atomic mass is 19.3. The Morgan fingerprint density at radius 3 is 2.71 bits per heavy atom. The van der Waals surface area contributed by atoms with Crippen molar-refractivity contribution in [1.29, 1.82) is 0 Å². The lowest BCUT2D eigenvalue weighted by molar-refractivity contribution is -0.142. The summed E-state index contributed by atoms with van der Waals surface area (Å²) in [5, 5.41) is 2.68. The molecule has 0 radical (unpaired) electrons. The third-order valence-corrected chi connectivity index (χ3v) is 4.26. The van der Waals surface area contributed by atoms with Gasteiger partial charge in [0.2, 0.25) is 11.8 Å². The highest BCUT2D eigenvalue weighted by Crippen LogP contribution is 2.55. The molecule has 7 heteroatoms. The van der Waals surface area contributed by atoms with Crippen molar-refractivity contribution in [2.45, 2.75) is 37.1 Å². The summed E-state index contributed by atoms with van der Waals surface area (Å²) in [6, 6.07) is 5.09. The van der Waals surface area contributed by atoms with E-state index in [2.05, 4.69) is 5.32 Å². The minimum Gasteiger partial charge on any atom is -0.348 e. The third-order valence-electron chi connectivity index (χ3n) is 4.26. The minimum atomic E-state index is -2.78. The first-order valence-electron chi connectivity index (χ1n) is 6.64. The van der Waals surface area contributed by atoms with Gasteiger partial charge in [-0.15, -0.1) is 0 Å². The molecule has 2 amide bonds. The fraction of sp³-hybridized carbons (Fsp3) is 0.429. The third kappa shape index (κ3) is 2.27. The van der Waals surface area contributed by atoms with E-state index in [1.165, 1.54) is 0 Å². The van der Waals surface area contributed by atoms with Crippen LogP contribution in [0.25, 0.3) is 0 Å². The van der Waals surface area contributed by atoms with Crippen LogP contribution in [0.1, 0.15) is 40.7 Å². The Morgan fingerprint density at radius 1 is 1.38 bits per heavy atom. The summed E-state index contributed by atoms with van der Waals surface area (Å²) in [6.45, 7) is 0.445. The summed E-state index contributed by atoms with van der Waals surface area (Å²) in [6.07, 6.45) is -0.929. The van der Waals surface area contributed by atoms with Gasteiger partial charge in [0.1, 0.15) is 0 Å². The second-order valence-electron chi connectivity index (χ2n) is 5.79. The molecule has 1 heterocycles. The van der Waals surface area contributed by atoms with Gasteiger partial charge in [-0.25, -0.2) is 14.6 Å². The number of fused-ring (bicyclic) bond motifs is 1. The van der Waals surface area contributed by atoms with Crippen LogP contribution in [0.3, 0.4) is 0 Å². The molecule has 0 unspecified atom stereocenters. The van der Waals surface area contributed by atoms with Crippen molar-refractivity contribution in [3.63, 3.8) is 0 Å². The van der Waals surface area contributed by atoms with Crippen molar-refractivity contribution in [2.24, 2.45) is 5.84 Å². The van der Waals surface area contributed by atoms with Crippen molar-refractivity contribution < 1.29 is 18.4 Å². The van der Waals surface area contributed by atoms with Gasteiger partial charge in [-0.3, -0.25) is 15.0 Å². The lowest BCUT2D eigenvalue weighted by Gasteiger charge is -2.47. The van der Waals surface area contributed by atoms with Gasteiger partial charge >= 0.3 is 0 Å². The Balaban J connectivity index is 1.96. The van der Waals surface area contributed by atoms with E-state index in [0.29, 0.717) is 17.7 Å². The Morgan fingerprint density at radius 2 is 2.10 bits per heavy atom. The van der Waals surface area contributed by atoms with Crippen LogP contribution in [-0.2, 0) is 16.8 Å². The van der Waals surface area contributed by atoms with E-state index < -0.39 is 30.1 Å². The summed E-state index contributed by atoms with van der Waals surface area (Å²) >= 11 is 0. The van der Waals surface area contributed by atoms with Crippen LogP contribution in [0.2, 0.25) is 0 Å². The lowest BCUT2D eigenvalue weighted by Crippen LogP contribution is -2.52. The molecule has 1 fully saturated rings. The Labute approximate surface area is 119 Å². The van der Waals surface area contributed by atoms with Gasteiger partial charge in [0.05, 0.1) is 0 Å². The molecular weight excluding hydrogens is 280 g/mol. The molecule has 1 saturated carbocycles. The SMILES string of the molecule is NNC(=O)CC1(c2ccc3c(c2)C(=O)NC3)CC(F)(F)C1. The number of nitrogens with one attached hydrogen (secondary N) is 2. The zero-order valence-electron chi connectivity index (χ0n) is 11.2. The molecule has 1 aliphatic carbocycles. The molecule has 2 aliphatic rings. The molecule has 112 valence electrons. The first-order chi connectivity index (χ1) is 9.85.